The van der Waals surface area contributed by atoms with Crippen LogP contribution in [0.3, 0.4) is 0 Å². The SMILES string of the molecule is O=S(=O)(c1ccc(F)cc1F)N1CCN(c2ccc(C(F)(F)F)nn2)CC1. The van der Waals surface area contributed by atoms with Crippen molar-refractivity contribution in [2.24, 2.45) is 0 Å². The first-order valence-electron chi connectivity index (χ1n) is 7.70. The summed E-state index contributed by atoms with van der Waals surface area (Å²) in [6.45, 7) is 0.174. The van der Waals surface area contributed by atoms with E-state index in [1.807, 2.05) is 0 Å². The quantitative estimate of drug-likeness (QED) is 0.730. The molecule has 0 radical (unpaired) electrons. The number of aromatic nitrogens is 2. The zero-order valence-corrected chi connectivity index (χ0v) is 14.4. The lowest BCUT2D eigenvalue weighted by Crippen LogP contribution is -2.49. The Morgan fingerprint density at radius 3 is 2.11 bits per heavy atom. The van der Waals surface area contributed by atoms with Crippen molar-refractivity contribution in [3.8, 4) is 0 Å². The largest absolute Gasteiger partial charge is 0.435 e. The van der Waals surface area contributed by atoms with E-state index in [4.69, 9.17) is 0 Å². The zero-order valence-electron chi connectivity index (χ0n) is 13.6. The first-order chi connectivity index (χ1) is 12.6. The van der Waals surface area contributed by atoms with E-state index in [1.165, 1.54) is 0 Å². The molecule has 0 spiro atoms. The first-order valence-corrected chi connectivity index (χ1v) is 9.14. The van der Waals surface area contributed by atoms with Gasteiger partial charge in [0.1, 0.15) is 16.5 Å². The van der Waals surface area contributed by atoms with Gasteiger partial charge in [0.05, 0.1) is 0 Å². The average molecular weight is 408 g/mol. The van der Waals surface area contributed by atoms with Crippen LogP contribution >= 0.6 is 0 Å². The second-order valence-corrected chi connectivity index (χ2v) is 7.65. The fourth-order valence-electron chi connectivity index (χ4n) is 2.63. The van der Waals surface area contributed by atoms with Crippen molar-refractivity contribution in [3.63, 3.8) is 0 Å². The fourth-order valence-corrected chi connectivity index (χ4v) is 4.09. The summed E-state index contributed by atoms with van der Waals surface area (Å²) >= 11 is 0. The van der Waals surface area contributed by atoms with Gasteiger partial charge in [-0.2, -0.15) is 17.5 Å². The van der Waals surface area contributed by atoms with Gasteiger partial charge in [0.25, 0.3) is 0 Å². The molecular weight excluding hydrogens is 395 g/mol. The maximum absolute atomic E-state index is 13.8. The Morgan fingerprint density at radius 1 is 0.926 bits per heavy atom. The summed E-state index contributed by atoms with van der Waals surface area (Å²) < 4.78 is 90.4. The summed E-state index contributed by atoms with van der Waals surface area (Å²) in [6, 6.07) is 4.14. The predicted octanol–water partition coefficient (Wildman–Crippen LogP) is 2.28. The summed E-state index contributed by atoms with van der Waals surface area (Å²) in [7, 11) is -4.16. The normalized spacial score (nSPS) is 16.6. The van der Waals surface area contributed by atoms with Crippen molar-refractivity contribution in [2.75, 3.05) is 31.1 Å². The van der Waals surface area contributed by atoms with Crippen LogP contribution in [0.4, 0.5) is 27.8 Å². The van der Waals surface area contributed by atoms with E-state index in [0.29, 0.717) is 6.07 Å². The minimum absolute atomic E-state index is 0.0398. The Bertz CT molecular complexity index is 926. The molecule has 1 aliphatic heterocycles. The van der Waals surface area contributed by atoms with Crippen molar-refractivity contribution in [3.05, 3.63) is 47.7 Å². The van der Waals surface area contributed by atoms with E-state index in [9.17, 15) is 30.4 Å². The maximum Gasteiger partial charge on any atom is 0.435 e. The smallest absolute Gasteiger partial charge is 0.352 e. The monoisotopic (exact) mass is 408 g/mol. The topological polar surface area (TPSA) is 66.4 Å². The molecule has 27 heavy (non-hydrogen) atoms. The summed E-state index contributed by atoms with van der Waals surface area (Å²) in [5.74, 6) is -1.91. The molecule has 1 saturated heterocycles. The summed E-state index contributed by atoms with van der Waals surface area (Å²) in [6.07, 6.45) is -4.60. The standard InChI is InChI=1S/C15H13F5N4O2S/c16-10-1-2-12(11(17)9-10)27(25,26)24-7-5-23(6-8-24)14-4-3-13(21-22-14)15(18,19)20/h1-4,9H,5-8H2. The number of sulfonamides is 1. The van der Waals surface area contributed by atoms with E-state index >= 15 is 0 Å². The molecule has 0 bridgehead atoms. The average Bonchev–Trinajstić information content (AvgIpc) is 2.61. The van der Waals surface area contributed by atoms with Gasteiger partial charge in [-0.1, -0.05) is 0 Å². The Labute approximate surface area is 151 Å². The van der Waals surface area contributed by atoms with Crippen molar-refractivity contribution >= 4 is 15.8 Å². The molecule has 0 amide bonds. The van der Waals surface area contributed by atoms with Gasteiger partial charge in [0.2, 0.25) is 10.0 Å². The highest BCUT2D eigenvalue weighted by atomic mass is 32.2. The van der Waals surface area contributed by atoms with Gasteiger partial charge in [-0.15, -0.1) is 10.2 Å². The van der Waals surface area contributed by atoms with Gasteiger partial charge >= 0.3 is 6.18 Å². The van der Waals surface area contributed by atoms with E-state index in [0.717, 1.165) is 28.6 Å². The Hall–Kier alpha value is -2.34. The molecule has 2 aromatic rings. The number of rotatable bonds is 3. The first kappa shape index (κ1) is 19.4. The van der Waals surface area contributed by atoms with Gasteiger partial charge in [0, 0.05) is 32.2 Å². The van der Waals surface area contributed by atoms with Crippen LogP contribution < -0.4 is 4.90 Å². The lowest BCUT2D eigenvalue weighted by atomic mass is 10.3. The molecule has 1 aromatic heterocycles. The second kappa shape index (κ2) is 7.00. The summed E-state index contributed by atoms with van der Waals surface area (Å²) in [5.41, 5.74) is -1.13. The fraction of sp³-hybridized carbons (Fsp3) is 0.333. The molecule has 146 valence electrons. The molecule has 0 atom stereocenters. The summed E-state index contributed by atoms with van der Waals surface area (Å²) in [5, 5.41) is 6.65. The molecule has 1 aliphatic rings. The van der Waals surface area contributed by atoms with Gasteiger partial charge < -0.3 is 4.90 Å². The lowest BCUT2D eigenvalue weighted by molar-refractivity contribution is -0.141. The number of piperazine rings is 1. The Kier molecular flexibility index (Phi) is 5.04. The number of hydrogen-bond donors (Lipinski definition) is 0. The van der Waals surface area contributed by atoms with E-state index < -0.39 is 38.4 Å². The van der Waals surface area contributed by atoms with E-state index in [1.54, 1.807) is 4.90 Å². The Morgan fingerprint density at radius 2 is 1.59 bits per heavy atom. The van der Waals surface area contributed by atoms with Gasteiger partial charge in [-0.25, -0.2) is 17.2 Å². The highest BCUT2D eigenvalue weighted by molar-refractivity contribution is 7.89. The van der Waals surface area contributed by atoms with Crippen LogP contribution in [0, 0.1) is 11.6 Å². The van der Waals surface area contributed by atoms with Gasteiger partial charge in [0.15, 0.2) is 11.5 Å². The van der Waals surface area contributed by atoms with Gasteiger partial charge in [-0.3, -0.25) is 0 Å². The number of hydrogen-bond acceptors (Lipinski definition) is 5. The molecule has 1 fully saturated rings. The predicted molar refractivity (Wildman–Crippen MR) is 84.4 cm³/mol. The number of alkyl halides is 3. The third-order valence-electron chi connectivity index (χ3n) is 4.02. The van der Waals surface area contributed by atoms with E-state index in [2.05, 4.69) is 10.2 Å². The maximum atomic E-state index is 13.8. The molecule has 3 rings (SSSR count). The minimum Gasteiger partial charge on any atom is -0.352 e. The molecule has 0 saturated carbocycles. The van der Waals surface area contributed by atoms with E-state index in [-0.39, 0.29) is 32.0 Å². The molecule has 6 nitrogen and oxygen atoms in total. The third kappa shape index (κ3) is 4.00. The third-order valence-corrected chi connectivity index (χ3v) is 5.95. The number of halogens is 5. The van der Waals surface area contributed by atoms with Gasteiger partial charge in [-0.05, 0) is 24.3 Å². The van der Waals surface area contributed by atoms with Crippen LogP contribution in [0.5, 0.6) is 0 Å². The molecule has 1 aromatic carbocycles. The lowest BCUT2D eigenvalue weighted by Gasteiger charge is -2.34. The highest BCUT2D eigenvalue weighted by Gasteiger charge is 2.34. The number of anilines is 1. The van der Waals surface area contributed by atoms with Crippen LogP contribution in [-0.2, 0) is 16.2 Å². The van der Waals surface area contributed by atoms with Crippen LogP contribution in [0.1, 0.15) is 5.69 Å². The van der Waals surface area contributed by atoms with Crippen LogP contribution in [-0.4, -0.2) is 49.1 Å². The van der Waals surface area contributed by atoms with Crippen molar-refractivity contribution in [1.29, 1.82) is 0 Å². The van der Waals surface area contributed by atoms with Crippen LogP contribution in [0.15, 0.2) is 35.2 Å². The number of benzene rings is 1. The summed E-state index contributed by atoms with van der Waals surface area (Å²) in [4.78, 5) is 0.937. The van der Waals surface area contributed by atoms with Crippen LogP contribution in [0.2, 0.25) is 0 Å². The molecular formula is C15H13F5N4O2S. The van der Waals surface area contributed by atoms with Crippen molar-refractivity contribution in [1.82, 2.24) is 14.5 Å². The molecule has 0 N–H and O–H groups in total. The molecule has 2 heterocycles. The van der Waals surface area contributed by atoms with Crippen molar-refractivity contribution < 1.29 is 30.4 Å². The second-order valence-electron chi connectivity index (χ2n) is 5.74. The minimum atomic E-state index is -4.60. The molecule has 0 unspecified atom stereocenters. The van der Waals surface area contributed by atoms with Crippen molar-refractivity contribution in [2.45, 2.75) is 11.1 Å². The van der Waals surface area contributed by atoms with Crippen LogP contribution in [0.25, 0.3) is 0 Å². The Balaban J connectivity index is 1.71. The molecule has 0 aliphatic carbocycles. The number of nitrogens with zero attached hydrogens (tertiary/aromatic N) is 4. The highest BCUT2D eigenvalue weighted by Crippen LogP contribution is 2.28. The molecule has 12 heteroatoms. The zero-order chi connectivity index (χ0) is 19.8.